The van der Waals surface area contributed by atoms with Crippen molar-refractivity contribution in [1.82, 2.24) is 29.9 Å². The third kappa shape index (κ3) is 3.76. The number of fused-ring (bicyclic) bond motifs is 1. The topological polar surface area (TPSA) is 75.2 Å². The van der Waals surface area contributed by atoms with E-state index < -0.39 is 0 Å². The number of allylic oxidation sites excluding steroid dienone is 3. The minimum Gasteiger partial charge on any atom is -0.340 e. The van der Waals surface area contributed by atoms with Gasteiger partial charge in [-0.1, -0.05) is 31.4 Å². The molecular weight excluding hydrogens is 428 g/mol. The fourth-order valence-corrected chi connectivity index (χ4v) is 4.84. The SMILES string of the molecule is C=C/C=C(/c1ccc(C(=C)C)s1)c1nc(-c2n[nH]c3ccc(-c4cnn(C)c4)cc23)[nH]c1C. The van der Waals surface area contributed by atoms with E-state index >= 15 is 0 Å². The third-order valence-corrected chi connectivity index (χ3v) is 6.82. The lowest BCUT2D eigenvalue weighted by Gasteiger charge is -2.02. The van der Waals surface area contributed by atoms with Gasteiger partial charge in [-0.3, -0.25) is 9.78 Å². The maximum absolute atomic E-state index is 4.97. The highest BCUT2D eigenvalue weighted by Gasteiger charge is 2.19. The van der Waals surface area contributed by atoms with Crippen LogP contribution in [0.15, 0.2) is 68.0 Å². The molecule has 0 aliphatic rings. The molecule has 164 valence electrons. The number of aromatic amines is 2. The van der Waals surface area contributed by atoms with Crippen LogP contribution < -0.4 is 0 Å². The van der Waals surface area contributed by atoms with Crippen molar-refractivity contribution in [2.75, 3.05) is 0 Å². The van der Waals surface area contributed by atoms with Gasteiger partial charge in [0.05, 0.1) is 17.4 Å². The normalized spacial score (nSPS) is 11.9. The monoisotopic (exact) mass is 452 g/mol. The molecule has 0 spiro atoms. The first-order valence-electron chi connectivity index (χ1n) is 10.6. The molecule has 0 fully saturated rings. The number of nitrogens with one attached hydrogen (secondary N) is 2. The molecule has 7 heteroatoms. The number of H-pyrrole nitrogens is 2. The molecule has 0 bridgehead atoms. The van der Waals surface area contributed by atoms with Gasteiger partial charge in [0.2, 0.25) is 0 Å². The van der Waals surface area contributed by atoms with E-state index in [2.05, 4.69) is 57.7 Å². The lowest BCUT2D eigenvalue weighted by Crippen LogP contribution is -1.88. The van der Waals surface area contributed by atoms with Crippen LogP contribution in [0.25, 0.3) is 44.7 Å². The maximum atomic E-state index is 4.97. The molecule has 0 radical (unpaired) electrons. The molecule has 0 amide bonds. The zero-order valence-corrected chi connectivity index (χ0v) is 19.6. The van der Waals surface area contributed by atoms with Crippen LogP contribution in [0.2, 0.25) is 0 Å². The zero-order valence-electron chi connectivity index (χ0n) is 18.8. The minimum atomic E-state index is 0.726. The van der Waals surface area contributed by atoms with Crippen molar-refractivity contribution in [3.8, 4) is 22.6 Å². The first-order valence-corrected chi connectivity index (χ1v) is 11.4. The summed E-state index contributed by atoms with van der Waals surface area (Å²) in [5, 5.41) is 13.0. The molecule has 0 saturated carbocycles. The van der Waals surface area contributed by atoms with E-state index in [4.69, 9.17) is 4.98 Å². The van der Waals surface area contributed by atoms with Gasteiger partial charge in [0.15, 0.2) is 5.82 Å². The smallest absolute Gasteiger partial charge is 0.159 e. The van der Waals surface area contributed by atoms with Crippen LogP contribution in [0.5, 0.6) is 0 Å². The molecule has 0 aliphatic heterocycles. The van der Waals surface area contributed by atoms with Crippen molar-refractivity contribution in [2.45, 2.75) is 13.8 Å². The Balaban J connectivity index is 1.59. The van der Waals surface area contributed by atoms with Crippen molar-refractivity contribution in [1.29, 1.82) is 0 Å². The highest BCUT2D eigenvalue weighted by atomic mass is 32.1. The lowest BCUT2D eigenvalue weighted by atomic mass is 10.1. The third-order valence-electron chi connectivity index (χ3n) is 5.54. The van der Waals surface area contributed by atoms with Crippen LogP contribution in [-0.2, 0) is 7.05 Å². The van der Waals surface area contributed by atoms with Crippen LogP contribution in [0.1, 0.15) is 28.1 Å². The van der Waals surface area contributed by atoms with E-state index in [1.54, 1.807) is 22.1 Å². The summed E-state index contributed by atoms with van der Waals surface area (Å²) < 4.78 is 1.80. The molecule has 2 N–H and O–H groups in total. The molecule has 33 heavy (non-hydrogen) atoms. The van der Waals surface area contributed by atoms with E-state index in [0.717, 1.165) is 65.8 Å². The molecule has 0 atom stereocenters. The first kappa shape index (κ1) is 20.9. The Labute approximate surface area is 196 Å². The average Bonchev–Trinajstić information content (AvgIpc) is 3.58. The van der Waals surface area contributed by atoms with Crippen molar-refractivity contribution in [3.05, 3.63) is 89.2 Å². The van der Waals surface area contributed by atoms with E-state index in [-0.39, 0.29) is 0 Å². The zero-order chi connectivity index (χ0) is 23.1. The maximum Gasteiger partial charge on any atom is 0.159 e. The van der Waals surface area contributed by atoms with Crippen molar-refractivity contribution in [2.24, 2.45) is 7.05 Å². The number of hydrogen-bond acceptors (Lipinski definition) is 4. The number of thiophene rings is 1. The number of aryl methyl sites for hydroxylation is 2. The van der Waals surface area contributed by atoms with Crippen LogP contribution in [0, 0.1) is 6.92 Å². The number of hydrogen-bond donors (Lipinski definition) is 2. The van der Waals surface area contributed by atoms with Crippen LogP contribution in [0.3, 0.4) is 0 Å². The molecule has 4 heterocycles. The van der Waals surface area contributed by atoms with E-state index in [1.807, 2.05) is 45.4 Å². The average molecular weight is 453 g/mol. The Hall–Kier alpha value is -3.97. The number of rotatable bonds is 6. The van der Waals surface area contributed by atoms with Gasteiger partial charge in [-0.2, -0.15) is 10.2 Å². The second-order valence-corrected chi connectivity index (χ2v) is 9.14. The summed E-state index contributed by atoms with van der Waals surface area (Å²) in [6.07, 6.45) is 7.67. The second-order valence-electron chi connectivity index (χ2n) is 8.05. The predicted molar refractivity (Wildman–Crippen MR) is 137 cm³/mol. The quantitative estimate of drug-likeness (QED) is 0.294. The summed E-state index contributed by atoms with van der Waals surface area (Å²) in [6.45, 7) is 12.0. The van der Waals surface area contributed by atoms with Gasteiger partial charge >= 0.3 is 0 Å². The fourth-order valence-electron chi connectivity index (χ4n) is 3.89. The minimum absolute atomic E-state index is 0.726. The Morgan fingerprint density at radius 2 is 1.97 bits per heavy atom. The molecule has 0 unspecified atom stereocenters. The molecule has 5 rings (SSSR count). The number of nitrogens with zero attached hydrogens (tertiary/aromatic N) is 4. The largest absolute Gasteiger partial charge is 0.340 e. The first-order chi connectivity index (χ1) is 15.9. The van der Waals surface area contributed by atoms with Gasteiger partial charge < -0.3 is 4.98 Å². The van der Waals surface area contributed by atoms with Gasteiger partial charge in [0.25, 0.3) is 0 Å². The Kier molecular flexibility index (Phi) is 5.18. The van der Waals surface area contributed by atoms with Crippen molar-refractivity contribution >= 4 is 33.4 Å². The lowest BCUT2D eigenvalue weighted by molar-refractivity contribution is 0.768. The molecule has 1 aromatic carbocycles. The van der Waals surface area contributed by atoms with Gasteiger partial charge in [0.1, 0.15) is 5.69 Å². The second kappa shape index (κ2) is 8.18. The molecule has 6 nitrogen and oxygen atoms in total. The summed E-state index contributed by atoms with van der Waals surface area (Å²) in [4.78, 5) is 10.7. The Bertz CT molecular complexity index is 1540. The van der Waals surface area contributed by atoms with Crippen LogP contribution >= 0.6 is 11.3 Å². The van der Waals surface area contributed by atoms with E-state index in [9.17, 15) is 0 Å². The molecule has 4 aromatic heterocycles. The Morgan fingerprint density at radius 3 is 2.67 bits per heavy atom. The van der Waals surface area contributed by atoms with Gasteiger partial charge in [-0.15, -0.1) is 11.3 Å². The highest BCUT2D eigenvalue weighted by molar-refractivity contribution is 7.14. The van der Waals surface area contributed by atoms with Crippen LogP contribution in [0.4, 0.5) is 0 Å². The van der Waals surface area contributed by atoms with Gasteiger partial charge in [0, 0.05) is 45.2 Å². The Morgan fingerprint density at radius 1 is 1.15 bits per heavy atom. The number of imidazole rings is 1. The summed E-state index contributed by atoms with van der Waals surface area (Å²) in [7, 11) is 1.92. The van der Waals surface area contributed by atoms with E-state index in [1.165, 1.54) is 0 Å². The van der Waals surface area contributed by atoms with Gasteiger partial charge in [-0.25, -0.2) is 4.98 Å². The van der Waals surface area contributed by atoms with Gasteiger partial charge in [-0.05, 0) is 49.2 Å². The molecule has 0 aliphatic carbocycles. The highest BCUT2D eigenvalue weighted by Crippen LogP contribution is 2.35. The summed E-state index contributed by atoms with van der Waals surface area (Å²) in [5.41, 5.74) is 7.83. The van der Waals surface area contributed by atoms with Crippen LogP contribution in [-0.4, -0.2) is 29.9 Å². The van der Waals surface area contributed by atoms with E-state index in [0.29, 0.717) is 0 Å². The number of benzene rings is 1. The van der Waals surface area contributed by atoms with Crippen molar-refractivity contribution < 1.29 is 0 Å². The summed E-state index contributed by atoms with van der Waals surface area (Å²) >= 11 is 1.70. The molecular formula is C26H24N6S. The summed E-state index contributed by atoms with van der Waals surface area (Å²) in [6, 6.07) is 10.5. The number of aromatic nitrogens is 6. The standard InChI is InChI=1S/C26H24N6S/c1-6-7-19(23-11-10-22(33-23)15(2)3)24-16(4)28-26(29-24)25-20-12-17(8-9-21(20)30-31-25)18-13-27-32(5)14-18/h6-14H,1-2H2,3-5H3,(H,28,29)(H,30,31)/b19-7-. The fraction of sp³-hybridized carbons (Fsp3) is 0.115. The van der Waals surface area contributed by atoms with Crippen molar-refractivity contribution in [3.63, 3.8) is 0 Å². The predicted octanol–water partition coefficient (Wildman–Crippen LogP) is 6.37. The molecule has 0 saturated heterocycles. The molecule has 5 aromatic rings. The summed E-state index contributed by atoms with van der Waals surface area (Å²) in [5.74, 6) is 0.726.